The molecule has 0 saturated carbocycles. The summed E-state index contributed by atoms with van der Waals surface area (Å²) in [5.74, 6) is -1.25. The van der Waals surface area contributed by atoms with Crippen molar-refractivity contribution in [3.8, 4) is 0 Å². The van der Waals surface area contributed by atoms with Gasteiger partial charge in [0.25, 0.3) is 5.91 Å². The summed E-state index contributed by atoms with van der Waals surface area (Å²) >= 11 is 3.31. The van der Waals surface area contributed by atoms with Crippen LogP contribution in [0.4, 0.5) is 9.18 Å². The summed E-state index contributed by atoms with van der Waals surface area (Å²) in [6.07, 6.45) is 1.89. The Morgan fingerprint density at radius 2 is 1.89 bits per heavy atom. The SMILES string of the molecule is CCCC[C@]1(c2ccc(F)cc2)NC(=O)N(CC(=O)c2cccc(Br)c2)C1=O. The highest BCUT2D eigenvalue weighted by atomic mass is 79.9. The van der Waals surface area contributed by atoms with Crippen LogP contribution in [0.5, 0.6) is 0 Å². The molecule has 2 aromatic carbocycles. The summed E-state index contributed by atoms with van der Waals surface area (Å²) < 4.78 is 14.1. The van der Waals surface area contributed by atoms with Gasteiger partial charge in [-0.15, -0.1) is 0 Å². The van der Waals surface area contributed by atoms with Crippen LogP contribution in [0.3, 0.4) is 0 Å². The molecule has 146 valence electrons. The van der Waals surface area contributed by atoms with Crippen LogP contribution in [-0.4, -0.2) is 29.2 Å². The van der Waals surface area contributed by atoms with Crippen molar-refractivity contribution in [2.75, 3.05) is 6.54 Å². The van der Waals surface area contributed by atoms with Gasteiger partial charge in [0.15, 0.2) is 5.78 Å². The van der Waals surface area contributed by atoms with E-state index in [1.165, 1.54) is 24.3 Å². The quantitative estimate of drug-likeness (QED) is 0.505. The smallest absolute Gasteiger partial charge is 0.319 e. The van der Waals surface area contributed by atoms with E-state index in [9.17, 15) is 18.8 Å². The van der Waals surface area contributed by atoms with Crippen LogP contribution >= 0.6 is 15.9 Å². The molecule has 0 aliphatic carbocycles. The summed E-state index contributed by atoms with van der Waals surface area (Å²) in [4.78, 5) is 39.4. The monoisotopic (exact) mass is 446 g/mol. The molecule has 3 rings (SSSR count). The number of unbranched alkanes of at least 4 members (excludes halogenated alkanes) is 1. The van der Waals surface area contributed by atoms with Gasteiger partial charge in [-0.2, -0.15) is 0 Å². The van der Waals surface area contributed by atoms with Gasteiger partial charge >= 0.3 is 6.03 Å². The molecule has 1 aliphatic heterocycles. The molecule has 7 heteroatoms. The van der Waals surface area contributed by atoms with Gasteiger partial charge in [0.1, 0.15) is 11.4 Å². The number of imide groups is 1. The zero-order chi connectivity index (χ0) is 20.3. The largest absolute Gasteiger partial charge is 0.325 e. The minimum atomic E-state index is -1.28. The molecule has 28 heavy (non-hydrogen) atoms. The van der Waals surface area contributed by atoms with E-state index < -0.39 is 23.3 Å². The van der Waals surface area contributed by atoms with Crippen LogP contribution in [0.25, 0.3) is 0 Å². The lowest BCUT2D eigenvalue weighted by molar-refractivity contribution is -0.131. The molecule has 0 radical (unpaired) electrons. The Labute approximate surface area is 171 Å². The van der Waals surface area contributed by atoms with Gasteiger partial charge in [0, 0.05) is 10.0 Å². The number of hydrogen-bond acceptors (Lipinski definition) is 3. The summed E-state index contributed by atoms with van der Waals surface area (Å²) in [6.45, 7) is 1.63. The lowest BCUT2D eigenvalue weighted by Crippen LogP contribution is -2.44. The van der Waals surface area contributed by atoms with Crippen molar-refractivity contribution in [3.63, 3.8) is 0 Å². The average Bonchev–Trinajstić information content (AvgIpc) is 2.92. The number of carbonyl (C=O) groups is 3. The number of halogens is 2. The molecule has 5 nitrogen and oxygen atoms in total. The fourth-order valence-electron chi connectivity index (χ4n) is 3.35. The first-order chi connectivity index (χ1) is 13.4. The number of Topliss-reactive ketones (excluding diaryl/α,β-unsaturated/α-hetero) is 1. The number of amides is 3. The molecule has 1 heterocycles. The van der Waals surface area contributed by atoms with E-state index >= 15 is 0 Å². The number of urea groups is 1. The van der Waals surface area contributed by atoms with Crippen molar-refractivity contribution < 1.29 is 18.8 Å². The molecule has 3 amide bonds. The Morgan fingerprint density at radius 1 is 1.18 bits per heavy atom. The van der Waals surface area contributed by atoms with Gasteiger partial charge in [-0.3, -0.25) is 14.5 Å². The first kappa shape index (κ1) is 20.2. The Balaban J connectivity index is 1.90. The molecular weight excluding hydrogens is 427 g/mol. The van der Waals surface area contributed by atoms with E-state index in [1.807, 2.05) is 6.92 Å². The van der Waals surface area contributed by atoms with Crippen molar-refractivity contribution in [3.05, 3.63) is 69.9 Å². The van der Waals surface area contributed by atoms with Crippen molar-refractivity contribution in [1.82, 2.24) is 10.2 Å². The highest BCUT2D eigenvalue weighted by Crippen LogP contribution is 2.34. The fourth-order valence-corrected chi connectivity index (χ4v) is 3.75. The van der Waals surface area contributed by atoms with Gasteiger partial charge in [0.2, 0.25) is 0 Å². The van der Waals surface area contributed by atoms with Crippen molar-refractivity contribution >= 4 is 33.7 Å². The molecule has 1 atom stereocenters. The zero-order valence-electron chi connectivity index (χ0n) is 15.4. The first-order valence-corrected chi connectivity index (χ1v) is 9.85. The van der Waals surface area contributed by atoms with Gasteiger partial charge in [-0.25, -0.2) is 9.18 Å². The topological polar surface area (TPSA) is 66.5 Å². The molecule has 1 fully saturated rings. The number of nitrogens with one attached hydrogen (secondary N) is 1. The Morgan fingerprint density at radius 3 is 2.54 bits per heavy atom. The number of benzene rings is 2. The maximum Gasteiger partial charge on any atom is 0.325 e. The third-order valence-corrected chi connectivity index (χ3v) is 5.36. The maximum absolute atomic E-state index is 13.4. The molecule has 1 saturated heterocycles. The van der Waals surface area contributed by atoms with Gasteiger partial charge in [-0.1, -0.05) is 60.0 Å². The standard InChI is InChI=1S/C21H20BrFN2O3/c1-2-3-11-21(15-7-9-17(23)10-8-15)19(27)25(20(28)24-21)13-18(26)14-5-4-6-16(22)12-14/h4-10,12H,2-3,11,13H2,1H3,(H,24,28)/t21-/m1/s1. The van der Waals surface area contributed by atoms with E-state index in [1.54, 1.807) is 24.3 Å². The second-order valence-electron chi connectivity index (χ2n) is 6.77. The van der Waals surface area contributed by atoms with Gasteiger partial charge < -0.3 is 5.32 Å². The second kappa shape index (κ2) is 8.22. The summed E-state index contributed by atoms with van der Waals surface area (Å²) in [5, 5.41) is 2.76. The minimum Gasteiger partial charge on any atom is -0.319 e. The summed E-state index contributed by atoms with van der Waals surface area (Å²) in [6, 6.07) is 11.7. The molecule has 0 unspecified atom stereocenters. The number of ketones is 1. The van der Waals surface area contributed by atoms with Gasteiger partial charge in [-0.05, 0) is 36.2 Å². The maximum atomic E-state index is 13.4. The number of rotatable bonds is 7. The van der Waals surface area contributed by atoms with Crippen LogP contribution in [0, 0.1) is 5.82 Å². The Hall–Kier alpha value is -2.54. The molecule has 1 aliphatic rings. The molecule has 0 bridgehead atoms. The Bertz CT molecular complexity index is 916. The van der Waals surface area contributed by atoms with Crippen molar-refractivity contribution in [1.29, 1.82) is 0 Å². The molecule has 1 N–H and O–H groups in total. The normalized spacial score (nSPS) is 19.0. The zero-order valence-corrected chi connectivity index (χ0v) is 17.0. The van der Waals surface area contributed by atoms with Crippen LogP contribution < -0.4 is 5.32 Å². The van der Waals surface area contributed by atoms with Crippen molar-refractivity contribution in [2.24, 2.45) is 0 Å². The predicted octanol–water partition coefficient (Wildman–Crippen LogP) is 4.41. The third-order valence-electron chi connectivity index (χ3n) is 4.87. The summed E-state index contributed by atoms with van der Waals surface area (Å²) in [5.41, 5.74) is -0.362. The van der Waals surface area contributed by atoms with Crippen LogP contribution in [0.2, 0.25) is 0 Å². The lowest BCUT2D eigenvalue weighted by atomic mass is 9.84. The lowest BCUT2D eigenvalue weighted by Gasteiger charge is -2.27. The first-order valence-electron chi connectivity index (χ1n) is 9.06. The van der Waals surface area contributed by atoms with E-state index in [-0.39, 0.29) is 12.3 Å². The minimum absolute atomic E-state index is 0.338. The van der Waals surface area contributed by atoms with E-state index in [0.29, 0.717) is 24.0 Å². The van der Waals surface area contributed by atoms with Gasteiger partial charge in [0.05, 0.1) is 6.54 Å². The Kier molecular flexibility index (Phi) is 5.93. The van der Waals surface area contributed by atoms with E-state index in [2.05, 4.69) is 21.2 Å². The van der Waals surface area contributed by atoms with Crippen LogP contribution in [0.1, 0.15) is 42.1 Å². The average molecular weight is 447 g/mol. The number of carbonyl (C=O) groups excluding carboxylic acids is 3. The molecule has 2 aromatic rings. The number of hydrogen-bond donors (Lipinski definition) is 1. The van der Waals surface area contributed by atoms with E-state index in [0.717, 1.165) is 15.8 Å². The van der Waals surface area contributed by atoms with Crippen LogP contribution in [0.15, 0.2) is 53.0 Å². The number of nitrogens with zero attached hydrogens (tertiary/aromatic N) is 1. The van der Waals surface area contributed by atoms with E-state index in [4.69, 9.17) is 0 Å². The summed E-state index contributed by atoms with van der Waals surface area (Å²) in [7, 11) is 0. The van der Waals surface area contributed by atoms with Crippen LogP contribution in [-0.2, 0) is 10.3 Å². The molecule has 0 aromatic heterocycles. The predicted molar refractivity (Wildman–Crippen MR) is 106 cm³/mol. The highest BCUT2D eigenvalue weighted by Gasteiger charge is 2.52. The highest BCUT2D eigenvalue weighted by molar-refractivity contribution is 9.10. The molecular formula is C21H20BrFN2O3. The third kappa shape index (κ3) is 3.85. The molecule has 0 spiro atoms. The fraction of sp³-hybridized carbons (Fsp3) is 0.286. The second-order valence-corrected chi connectivity index (χ2v) is 7.69. The van der Waals surface area contributed by atoms with Crippen molar-refractivity contribution in [2.45, 2.75) is 31.7 Å².